The number of nitrogens with zero attached hydrogens (tertiary/aromatic N) is 4. The van der Waals surface area contributed by atoms with Gasteiger partial charge < -0.3 is 10.5 Å². The summed E-state index contributed by atoms with van der Waals surface area (Å²) in [4.78, 5) is 13.7. The van der Waals surface area contributed by atoms with Crippen LogP contribution in [0.25, 0.3) is 0 Å². The number of methoxy groups -OCH3 is 1. The number of benzene rings is 1. The number of ether oxygens (including phenoxy) is 1. The summed E-state index contributed by atoms with van der Waals surface area (Å²) in [6.45, 7) is 2.08. The predicted octanol–water partition coefficient (Wildman–Crippen LogP) is 0.131. The highest BCUT2D eigenvalue weighted by molar-refractivity contribution is 5.84. The van der Waals surface area contributed by atoms with E-state index in [1.807, 2.05) is 31.2 Å². The van der Waals surface area contributed by atoms with Crippen LogP contribution in [0.2, 0.25) is 0 Å². The molecule has 0 bridgehead atoms. The summed E-state index contributed by atoms with van der Waals surface area (Å²) >= 11 is 0. The molecule has 0 aliphatic heterocycles. The van der Waals surface area contributed by atoms with Crippen LogP contribution < -0.4 is 5.73 Å². The third kappa shape index (κ3) is 2.92. The molecule has 0 saturated carbocycles. The van der Waals surface area contributed by atoms with E-state index in [2.05, 4.69) is 15.4 Å². The zero-order valence-corrected chi connectivity index (χ0v) is 12.4. The van der Waals surface area contributed by atoms with Crippen LogP contribution in [0.5, 0.6) is 0 Å². The molecule has 0 radical (unpaired) electrons. The quantitative estimate of drug-likeness (QED) is 0.786. The van der Waals surface area contributed by atoms with Crippen LogP contribution in [0, 0.1) is 6.92 Å². The minimum Gasteiger partial charge on any atom is -0.468 e. The van der Waals surface area contributed by atoms with Crippen molar-refractivity contribution in [3.05, 3.63) is 41.2 Å². The lowest BCUT2D eigenvalue weighted by atomic mass is 9.77. The number of hydrogen-bond acceptors (Lipinski definition) is 6. The molecule has 2 rings (SSSR count). The van der Waals surface area contributed by atoms with Crippen molar-refractivity contribution >= 4 is 5.97 Å². The molecule has 1 atom stereocenters. The van der Waals surface area contributed by atoms with Crippen molar-refractivity contribution in [3.8, 4) is 0 Å². The Morgan fingerprint density at radius 1 is 1.38 bits per heavy atom. The molecule has 1 unspecified atom stereocenters. The number of nitrogens with two attached hydrogens (primary N) is 1. The molecule has 1 heterocycles. The first-order chi connectivity index (χ1) is 10.0. The molecule has 0 aliphatic rings. The Hall–Kier alpha value is -2.28. The minimum atomic E-state index is -1.01. The summed E-state index contributed by atoms with van der Waals surface area (Å²) in [5.41, 5.74) is 6.81. The maximum Gasteiger partial charge on any atom is 0.318 e. The van der Waals surface area contributed by atoms with Gasteiger partial charge in [0, 0.05) is 13.0 Å². The van der Waals surface area contributed by atoms with Gasteiger partial charge in [-0.1, -0.05) is 29.8 Å². The Morgan fingerprint density at radius 3 is 2.52 bits per heavy atom. The van der Waals surface area contributed by atoms with Gasteiger partial charge in [-0.3, -0.25) is 4.79 Å². The van der Waals surface area contributed by atoms with E-state index in [0.717, 1.165) is 11.1 Å². The molecule has 0 saturated heterocycles. The molecule has 0 fully saturated rings. The summed E-state index contributed by atoms with van der Waals surface area (Å²) in [6, 6.07) is 7.64. The Balaban J connectivity index is 2.47. The average Bonchev–Trinajstić information content (AvgIpc) is 2.90. The molecule has 21 heavy (non-hydrogen) atoms. The summed E-state index contributed by atoms with van der Waals surface area (Å²) in [7, 11) is 3.02. The molecule has 1 aromatic carbocycles. The highest BCUT2D eigenvalue weighted by Crippen LogP contribution is 2.28. The van der Waals surface area contributed by atoms with Gasteiger partial charge in [-0.15, -0.1) is 10.2 Å². The van der Waals surface area contributed by atoms with E-state index in [4.69, 9.17) is 10.5 Å². The first-order valence-electron chi connectivity index (χ1n) is 6.60. The largest absolute Gasteiger partial charge is 0.468 e. The monoisotopic (exact) mass is 289 g/mol. The molecule has 2 aromatic rings. The summed E-state index contributed by atoms with van der Waals surface area (Å²) in [6.07, 6.45) is 0.243. The standard InChI is InChI=1S/C14H19N5O2/c1-10-4-6-11(7-5-10)14(9-15,13(20)21-3)8-12-16-18-19(2)17-12/h4-7H,8-9,15H2,1-3H3. The molecule has 0 amide bonds. The van der Waals surface area contributed by atoms with Crippen LogP contribution >= 0.6 is 0 Å². The topological polar surface area (TPSA) is 95.9 Å². The van der Waals surface area contributed by atoms with E-state index in [1.54, 1.807) is 7.05 Å². The van der Waals surface area contributed by atoms with Gasteiger partial charge in [0.25, 0.3) is 0 Å². The number of carbonyl (C=O) groups excluding carboxylic acids is 1. The molecule has 1 aromatic heterocycles. The fourth-order valence-electron chi connectivity index (χ4n) is 2.30. The summed E-state index contributed by atoms with van der Waals surface area (Å²) < 4.78 is 4.97. The number of hydrogen-bond donors (Lipinski definition) is 1. The molecule has 112 valence electrons. The smallest absolute Gasteiger partial charge is 0.318 e. The number of aryl methyl sites for hydroxylation is 2. The molecule has 2 N–H and O–H groups in total. The van der Waals surface area contributed by atoms with E-state index in [1.165, 1.54) is 11.9 Å². The van der Waals surface area contributed by atoms with E-state index in [9.17, 15) is 4.79 Å². The summed E-state index contributed by atoms with van der Waals surface area (Å²) in [5.74, 6) is 0.0511. The molecule has 7 nitrogen and oxygen atoms in total. The molecule has 0 aliphatic carbocycles. The first-order valence-corrected chi connectivity index (χ1v) is 6.60. The van der Waals surface area contributed by atoms with Crippen molar-refractivity contribution in [2.75, 3.05) is 13.7 Å². The highest BCUT2D eigenvalue weighted by atomic mass is 16.5. The molecule has 0 spiro atoms. The van der Waals surface area contributed by atoms with Gasteiger partial charge in [0.15, 0.2) is 5.82 Å². The Morgan fingerprint density at radius 2 is 2.05 bits per heavy atom. The number of esters is 1. The SMILES string of the molecule is COC(=O)C(CN)(Cc1nnn(C)n1)c1ccc(C)cc1. The van der Waals surface area contributed by atoms with Gasteiger partial charge in [0.05, 0.1) is 14.2 Å². The van der Waals surface area contributed by atoms with Crippen molar-refractivity contribution in [1.82, 2.24) is 20.2 Å². The fraction of sp³-hybridized carbons (Fsp3) is 0.429. The van der Waals surface area contributed by atoms with Gasteiger partial charge in [-0.2, -0.15) is 4.80 Å². The Kier molecular flexibility index (Phi) is 4.32. The van der Waals surface area contributed by atoms with Gasteiger partial charge in [-0.05, 0) is 17.7 Å². The van der Waals surface area contributed by atoms with Crippen LogP contribution in [-0.4, -0.2) is 39.8 Å². The molecular formula is C14H19N5O2. The van der Waals surface area contributed by atoms with Crippen molar-refractivity contribution < 1.29 is 9.53 Å². The lowest BCUT2D eigenvalue weighted by molar-refractivity contribution is -0.147. The van der Waals surface area contributed by atoms with Crippen molar-refractivity contribution in [2.24, 2.45) is 12.8 Å². The summed E-state index contributed by atoms with van der Waals surface area (Å²) in [5, 5.41) is 11.9. The second kappa shape index (κ2) is 6.01. The van der Waals surface area contributed by atoms with E-state index in [-0.39, 0.29) is 13.0 Å². The minimum absolute atomic E-state index is 0.0982. The first kappa shape index (κ1) is 15.1. The van der Waals surface area contributed by atoms with Crippen molar-refractivity contribution in [3.63, 3.8) is 0 Å². The van der Waals surface area contributed by atoms with Crippen LogP contribution in [0.1, 0.15) is 17.0 Å². The lowest BCUT2D eigenvalue weighted by Crippen LogP contribution is -2.46. The van der Waals surface area contributed by atoms with Gasteiger partial charge in [0.1, 0.15) is 5.41 Å². The van der Waals surface area contributed by atoms with Crippen LogP contribution in [-0.2, 0) is 28.4 Å². The molecule has 7 heteroatoms. The number of carbonyl (C=O) groups is 1. The average molecular weight is 289 g/mol. The maximum absolute atomic E-state index is 12.4. The number of rotatable bonds is 5. The maximum atomic E-state index is 12.4. The van der Waals surface area contributed by atoms with Crippen molar-refractivity contribution in [1.29, 1.82) is 0 Å². The predicted molar refractivity (Wildman–Crippen MR) is 76.4 cm³/mol. The van der Waals surface area contributed by atoms with E-state index in [0.29, 0.717) is 5.82 Å². The normalized spacial score (nSPS) is 13.7. The van der Waals surface area contributed by atoms with Crippen LogP contribution in [0.15, 0.2) is 24.3 Å². The fourth-order valence-corrected chi connectivity index (χ4v) is 2.30. The van der Waals surface area contributed by atoms with E-state index < -0.39 is 11.4 Å². The lowest BCUT2D eigenvalue weighted by Gasteiger charge is -2.29. The Bertz CT molecular complexity index is 623. The Labute approximate surface area is 123 Å². The van der Waals surface area contributed by atoms with E-state index >= 15 is 0 Å². The highest BCUT2D eigenvalue weighted by Gasteiger charge is 2.41. The zero-order chi connectivity index (χ0) is 15.5. The van der Waals surface area contributed by atoms with Gasteiger partial charge in [-0.25, -0.2) is 0 Å². The van der Waals surface area contributed by atoms with Gasteiger partial charge >= 0.3 is 5.97 Å². The van der Waals surface area contributed by atoms with Crippen molar-refractivity contribution in [2.45, 2.75) is 18.8 Å². The van der Waals surface area contributed by atoms with Crippen LogP contribution in [0.4, 0.5) is 0 Å². The zero-order valence-electron chi connectivity index (χ0n) is 12.4. The number of tetrazole rings is 1. The van der Waals surface area contributed by atoms with Crippen LogP contribution in [0.3, 0.4) is 0 Å². The third-order valence-corrected chi connectivity index (χ3v) is 3.54. The molecular weight excluding hydrogens is 270 g/mol. The van der Waals surface area contributed by atoms with Gasteiger partial charge in [0.2, 0.25) is 0 Å². The third-order valence-electron chi connectivity index (χ3n) is 3.54. The second-order valence-electron chi connectivity index (χ2n) is 5.02. The number of aromatic nitrogens is 4. The second-order valence-corrected chi connectivity index (χ2v) is 5.02.